The Morgan fingerprint density at radius 1 is 1.50 bits per heavy atom. The highest BCUT2D eigenvalue weighted by Crippen LogP contribution is 2.29. The number of nitrogens with two attached hydrogens (primary N) is 1. The Hall–Kier alpha value is -1.27. The molecule has 0 aromatic heterocycles. The summed E-state index contributed by atoms with van der Waals surface area (Å²) >= 11 is 0. The third kappa shape index (κ3) is 2.44. The summed E-state index contributed by atoms with van der Waals surface area (Å²) in [5.74, 6) is 0.518. The molecular weight excluding hydrogens is 254 g/mol. The van der Waals surface area contributed by atoms with Gasteiger partial charge in [-0.25, -0.2) is 8.42 Å². The highest BCUT2D eigenvalue weighted by molar-refractivity contribution is 7.92. The summed E-state index contributed by atoms with van der Waals surface area (Å²) in [5, 5.41) is -0.503. The minimum absolute atomic E-state index is 0.143. The molecule has 18 heavy (non-hydrogen) atoms. The number of benzene rings is 1. The van der Waals surface area contributed by atoms with Crippen LogP contribution >= 0.6 is 0 Å². The maximum absolute atomic E-state index is 12.4. The van der Waals surface area contributed by atoms with Crippen molar-refractivity contribution in [2.75, 3.05) is 25.6 Å². The molecule has 1 fully saturated rings. The first-order valence-corrected chi connectivity index (χ1v) is 7.44. The van der Waals surface area contributed by atoms with Crippen molar-refractivity contribution in [2.24, 2.45) is 0 Å². The average Bonchev–Trinajstić information content (AvgIpc) is 2.86. The summed E-state index contributed by atoms with van der Waals surface area (Å²) in [7, 11) is -3.44. The van der Waals surface area contributed by atoms with Gasteiger partial charge in [-0.05, 0) is 25.5 Å². The Balaban J connectivity index is 2.39. The molecule has 0 bridgehead atoms. The highest BCUT2D eigenvalue weighted by atomic mass is 32.2. The molecule has 6 heteroatoms. The fourth-order valence-electron chi connectivity index (χ4n) is 1.95. The Bertz CT molecular complexity index is 521. The van der Waals surface area contributed by atoms with Crippen LogP contribution in [0.2, 0.25) is 0 Å². The molecule has 1 aliphatic heterocycles. The molecule has 5 nitrogen and oxygen atoms in total. The Morgan fingerprint density at radius 2 is 2.28 bits per heavy atom. The summed E-state index contributed by atoms with van der Waals surface area (Å²) in [6, 6.07) is 4.73. The van der Waals surface area contributed by atoms with Gasteiger partial charge >= 0.3 is 0 Å². The molecule has 0 amide bonds. The van der Waals surface area contributed by atoms with Crippen LogP contribution in [0.15, 0.2) is 23.1 Å². The predicted octanol–water partition coefficient (Wildman–Crippen LogP) is 1.23. The topological polar surface area (TPSA) is 78.6 Å². The molecule has 1 atom stereocenters. The number of hydrogen-bond acceptors (Lipinski definition) is 5. The molecule has 100 valence electrons. The monoisotopic (exact) mass is 271 g/mol. The molecule has 0 aliphatic carbocycles. The molecule has 1 aliphatic rings. The van der Waals surface area contributed by atoms with Gasteiger partial charge < -0.3 is 15.2 Å². The van der Waals surface area contributed by atoms with Crippen LogP contribution in [0.3, 0.4) is 0 Å². The van der Waals surface area contributed by atoms with Crippen LogP contribution in [0.5, 0.6) is 5.75 Å². The van der Waals surface area contributed by atoms with E-state index in [1.165, 1.54) is 6.07 Å². The normalized spacial score (nSPS) is 19.9. The third-order valence-corrected chi connectivity index (χ3v) is 5.15. The van der Waals surface area contributed by atoms with Gasteiger partial charge in [-0.1, -0.05) is 0 Å². The zero-order valence-corrected chi connectivity index (χ0v) is 11.1. The highest BCUT2D eigenvalue weighted by Gasteiger charge is 2.32. The fraction of sp³-hybridized carbons (Fsp3) is 0.500. The lowest BCUT2D eigenvalue weighted by molar-refractivity contribution is 0.198. The molecule has 1 aromatic carbocycles. The first-order chi connectivity index (χ1) is 8.55. The van der Waals surface area contributed by atoms with Gasteiger partial charge in [-0.2, -0.15) is 0 Å². The number of rotatable bonds is 4. The van der Waals surface area contributed by atoms with Gasteiger partial charge in [-0.15, -0.1) is 0 Å². The zero-order valence-electron chi connectivity index (χ0n) is 10.3. The number of nitrogen functional groups attached to an aromatic ring is 1. The Labute approximate surface area is 107 Å². The van der Waals surface area contributed by atoms with E-state index in [0.717, 1.165) is 0 Å². The van der Waals surface area contributed by atoms with Crippen LogP contribution in [0, 0.1) is 0 Å². The van der Waals surface area contributed by atoms with E-state index in [1.54, 1.807) is 12.1 Å². The van der Waals surface area contributed by atoms with Gasteiger partial charge in [-0.3, -0.25) is 0 Å². The van der Waals surface area contributed by atoms with Gasteiger partial charge in [0.25, 0.3) is 0 Å². The SMILES string of the molecule is CCOc1ccc(N)c(S(=O)(=O)C2CCOC2)c1. The molecule has 1 aromatic rings. The van der Waals surface area contributed by atoms with Crippen molar-refractivity contribution < 1.29 is 17.9 Å². The first-order valence-electron chi connectivity index (χ1n) is 5.89. The van der Waals surface area contributed by atoms with Crippen molar-refractivity contribution in [3.8, 4) is 5.75 Å². The van der Waals surface area contributed by atoms with Gasteiger partial charge in [0.05, 0.1) is 29.0 Å². The Kier molecular flexibility index (Phi) is 3.77. The van der Waals surface area contributed by atoms with E-state index in [0.29, 0.717) is 25.4 Å². The van der Waals surface area contributed by atoms with Crippen LogP contribution in [0.1, 0.15) is 13.3 Å². The number of sulfone groups is 1. The lowest BCUT2D eigenvalue weighted by Gasteiger charge is -2.13. The van der Waals surface area contributed by atoms with Gasteiger partial charge in [0.15, 0.2) is 9.84 Å². The molecule has 0 radical (unpaired) electrons. The predicted molar refractivity (Wildman–Crippen MR) is 68.4 cm³/mol. The maximum Gasteiger partial charge on any atom is 0.185 e. The summed E-state index contributed by atoms with van der Waals surface area (Å²) in [4.78, 5) is 0.143. The lowest BCUT2D eigenvalue weighted by Crippen LogP contribution is -2.22. The van der Waals surface area contributed by atoms with Gasteiger partial charge in [0.2, 0.25) is 0 Å². The second-order valence-electron chi connectivity index (χ2n) is 4.16. The van der Waals surface area contributed by atoms with Crippen LogP contribution < -0.4 is 10.5 Å². The van der Waals surface area contributed by atoms with Crippen LogP contribution in [-0.4, -0.2) is 33.5 Å². The van der Waals surface area contributed by atoms with Gasteiger partial charge in [0.1, 0.15) is 5.75 Å². The summed E-state index contributed by atoms with van der Waals surface area (Å²) in [6.45, 7) is 3.04. The number of ether oxygens (including phenoxy) is 2. The van der Waals surface area contributed by atoms with Crippen molar-refractivity contribution in [3.05, 3.63) is 18.2 Å². The van der Waals surface area contributed by atoms with Crippen LogP contribution in [-0.2, 0) is 14.6 Å². The summed E-state index contributed by atoms with van der Waals surface area (Å²) in [5.41, 5.74) is 6.02. The van der Waals surface area contributed by atoms with Crippen molar-refractivity contribution in [3.63, 3.8) is 0 Å². The van der Waals surface area contributed by atoms with Crippen molar-refractivity contribution in [2.45, 2.75) is 23.5 Å². The van der Waals surface area contributed by atoms with Crippen LogP contribution in [0.4, 0.5) is 5.69 Å². The molecular formula is C12H17NO4S. The minimum Gasteiger partial charge on any atom is -0.494 e. The maximum atomic E-state index is 12.4. The largest absolute Gasteiger partial charge is 0.494 e. The molecule has 0 spiro atoms. The van der Waals surface area contributed by atoms with Crippen LogP contribution in [0.25, 0.3) is 0 Å². The molecule has 0 saturated carbocycles. The van der Waals surface area contributed by atoms with E-state index in [-0.39, 0.29) is 17.2 Å². The average molecular weight is 271 g/mol. The molecule has 1 saturated heterocycles. The Morgan fingerprint density at radius 3 is 2.89 bits per heavy atom. The first kappa shape index (κ1) is 13.2. The molecule has 1 heterocycles. The smallest absolute Gasteiger partial charge is 0.185 e. The second kappa shape index (κ2) is 5.16. The van der Waals surface area contributed by atoms with Gasteiger partial charge in [0, 0.05) is 12.7 Å². The zero-order chi connectivity index (χ0) is 13.2. The quantitative estimate of drug-likeness (QED) is 0.833. The van der Waals surface area contributed by atoms with Crippen molar-refractivity contribution >= 4 is 15.5 Å². The van der Waals surface area contributed by atoms with E-state index in [1.807, 2.05) is 6.92 Å². The van der Waals surface area contributed by atoms with E-state index in [4.69, 9.17) is 15.2 Å². The van der Waals surface area contributed by atoms with E-state index in [9.17, 15) is 8.42 Å². The lowest BCUT2D eigenvalue weighted by atomic mass is 10.3. The fourth-order valence-corrected chi connectivity index (χ4v) is 3.67. The number of anilines is 1. The van der Waals surface area contributed by atoms with Crippen molar-refractivity contribution in [1.29, 1.82) is 0 Å². The molecule has 1 unspecified atom stereocenters. The number of hydrogen-bond donors (Lipinski definition) is 1. The van der Waals surface area contributed by atoms with E-state index >= 15 is 0 Å². The third-order valence-electron chi connectivity index (χ3n) is 2.93. The summed E-state index contributed by atoms with van der Waals surface area (Å²) < 4.78 is 35.2. The van der Waals surface area contributed by atoms with Crippen molar-refractivity contribution in [1.82, 2.24) is 0 Å². The standard InChI is InChI=1S/C12H17NO4S/c1-2-17-9-3-4-11(13)12(7-9)18(14,15)10-5-6-16-8-10/h3-4,7,10H,2,5-6,8,13H2,1H3. The van der Waals surface area contributed by atoms with E-state index in [2.05, 4.69) is 0 Å². The summed E-state index contributed by atoms with van der Waals surface area (Å²) in [6.07, 6.45) is 0.515. The van der Waals surface area contributed by atoms with E-state index < -0.39 is 15.1 Å². The molecule has 2 rings (SSSR count). The minimum atomic E-state index is -3.44. The second-order valence-corrected chi connectivity index (χ2v) is 6.36. The molecule has 2 N–H and O–H groups in total.